The Morgan fingerprint density at radius 3 is 2.62 bits per heavy atom. The van der Waals surface area contributed by atoms with Crippen molar-refractivity contribution in [2.24, 2.45) is 0 Å². The van der Waals surface area contributed by atoms with E-state index >= 15 is 0 Å². The van der Waals surface area contributed by atoms with Crippen LogP contribution in [0.15, 0.2) is 61.3 Å². The predicted octanol–water partition coefficient (Wildman–Crippen LogP) is 2.76. The number of hydrogen-bond acceptors (Lipinski definition) is 5. The summed E-state index contributed by atoms with van der Waals surface area (Å²) in [6.07, 6.45) is 6.82. The fourth-order valence-corrected chi connectivity index (χ4v) is 3.45. The van der Waals surface area contributed by atoms with Gasteiger partial charge < -0.3 is 9.64 Å². The SMILES string of the molecule is O=C(c1ccc(-n2ccnc2)nc1)N1CCN(CCOc2ccccc2Cl)CC1. The van der Waals surface area contributed by atoms with E-state index in [9.17, 15) is 4.79 Å². The van der Waals surface area contributed by atoms with Crippen molar-refractivity contribution in [2.45, 2.75) is 0 Å². The molecule has 1 amide bonds. The van der Waals surface area contributed by atoms with Gasteiger partial charge in [0.15, 0.2) is 0 Å². The predicted molar refractivity (Wildman–Crippen MR) is 111 cm³/mol. The van der Waals surface area contributed by atoms with Crippen LogP contribution in [0.1, 0.15) is 10.4 Å². The van der Waals surface area contributed by atoms with Gasteiger partial charge in [-0.3, -0.25) is 14.3 Å². The second-order valence-corrected chi connectivity index (χ2v) is 7.19. The molecule has 0 unspecified atom stereocenters. The van der Waals surface area contributed by atoms with E-state index < -0.39 is 0 Å². The highest BCUT2D eigenvalue weighted by atomic mass is 35.5. The van der Waals surface area contributed by atoms with Crippen LogP contribution >= 0.6 is 11.6 Å². The van der Waals surface area contributed by atoms with Crippen molar-refractivity contribution in [1.82, 2.24) is 24.3 Å². The van der Waals surface area contributed by atoms with Crippen LogP contribution in [-0.4, -0.2) is 69.6 Å². The molecule has 0 spiro atoms. The number of piperazine rings is 1. The maximum atomic E-state index is 12.7. The maximum absolute atomic E-state index is 12.7. The zero-order valence-electron chi connectivity index (χ0n) is 15.9. The van der Waals surface area contributed by atoms with Crippen LogP contribution in [0.5, 0.6) is 5.75 Å². The molecule has 0 bridgehead atoms. The first-order chi connectivity index (χ1) is 14.2. The van der Waals surface area contributed by atoms with Gasteiger partial charge in [0.1, 0.15) is 24.5 Å². The summed E-state index contributed by atoms with van der Waals surface area (Å²) >= 11 is 6.10. The lowest BCUT2D eigenvalue weighted by Gasteiger charge is -2.34. The van der Waals surface area contributed by atoms with E-state index in [2.05, 4.69) is 14.9 Å². The number of halogens is 1. The molecular weight excluding hydrogens is 390 g/mol. The minimum Gasteiger partial charge on any atom is -0.491 e. The summed E-state index contributed by atoms with van der Waals surface area (Å²) < 4.78 is 7.56. The van der Waals surface area contributed by atoms with Gasteiger partial charge in [-0.15, -0.1) is 0 Å². The zero-order chi connectivity index (χ0) is 20.1. The maximum Gasteiger partial charge on any atom is 0.255 e. The Hall–Kier alpha value is -2.90. The van der Waals surface area contributed by atoms with Crippen molar-refractivity contribution >= 4 is 17.5 Å². The third-order valence-corrected chi connectivity index (χ3v) is 5.24. The number of pyridine rings is 1. The Labute approximate surface area is 174 Å². The van der Waals surface area contributed by atoms with E-state index in [4.69, 9.17) is 16.3 Å². The quantitative estimate of drug-likeness (QED) is 0.624. The molecule has 3 heterocycles. The van der Waals surface area contributed by atoms with Gasteiger partial charge in [-0.1, -0.05) is 23.7 Å². The minimum atomic E-state index is 0.0154. The lowest BCUT2D eigenvalue weighted by Crippen LogP contribution is -2.49. The van der Waals surface area contributed by atoms with Gasteiger partial charge >= 0.3 is 0 Å². The monoisotopic (exact) mass is 411 g/mol. The molecule has 0 N–H and O–H groups in total. The number of amides is 1. The van der Waals surface area contributed by atoms with Gasteiger partial charge in [-0.05, 0) is 24.3 Å². The highest BCUT2D eigenvalue weighted by Gasteiger charge is 2.22. The number of carbonyl (C=O) groups excluding carboxylic acids is 1. The smallest absolute Gasteiger partial charge is 0.255 e. The highest BCUT2D eigenvalue weighted by Crippen LogP contribution is 2.23. The topological polar surface area (TPSA) is 63.5 Å². The molecule has 2 aromatic heterocycles. The highest BCUT2D eigenvalue weighted by molar-refractivity contribution is 6.32. The van der Waals surface area contributed by atoms with Gasteiger partial charge in [-0.25, -0.2) is 9.97 Å². The molecule has 1 saturated heterocycles. The Balaban J connectivity index is 1.25. The number of benzene rings is 1. The van der Waals surface area contributed by atoms with Crippen molar-refractivity contribution in [2.75, 3.05) is 39.3 Å². The molecule has 0 radical (unpaired) electrons. The molecule has 1 aromatic carbocycles. The Kier molecular flexibility index (Phi) is 6.07. The van der Waals surface area contributed by atoms with Gasteiger partial charge in [0.25, 0.3) is 5.91 Å². The molecule has 0 saturated carbocycles. The van der Waals surface area contributed by atoms with E-state index in [1.54, 1.807) is 23.3 Å². The second kappa shape index (κ2) is 9.07. The Morgan fingerprint density at radius 2 is 1.93 bits per heavy atom. The van der Waals surface area contributed by atoms with Crippen molar-refractivity contribution in [3.05, 3.63) is 71.9 Å². The van der Waals surface area contributed by atoms with E-state index in [-0.39, 0.29) is 5.91 Å². The summed E-state index contributed by atoms with van der Waals surface area (Å²) in [4.78, 5) is 25.3. The van der Waals surface area contributed by atoms with E-state index in [0.29, 0.717) is 36.0 Å². The van der Waals surface area contributed by atoms with Crippen LogP contribution in [0, 0.1) is 0 Å². The van der Waals surface area contributed by atoms with Gasteiger partial charge in [0.05, 0.1) is 10.6 Å². The average molecular weight is 412 g/mol. The first kappa shape index (κ1) is 19.4. The lowest BCUT2D eigenvalue weighted by molar-refractivity contribution is 0.0620. The molecular formula is C21H22ClN5O2. The number of aromatic nitrogens is 3. The lowest BCUT2D eigenvalue weighted by atomic mass is 10.2. The summed E-state index contributed by atoms with van der Waals surface area (Å²) in [6, 6.07) is 11.1. The summed E-state index contributed by atoms with van der Waals surface area (Å²) in [5.74, 6) is 1.46. The van der Waals surface area contributed by atoms with Gasteiger partial charge in [-0.2, -0.15) is 0 Å². The third kappa shape index (κ3) is 4.75. The van der Waals surface area contributed by atoms with Crippen LogP contribution in [0.3, 0.4) is 0 Å². The molecule has 1 aliphatic heterocycles. The van der Waals surface area contributed by atoms with Crippen LogP contribution in [0.2, 0.25) is 5.02 Å². The first-order valence-corrected chi connectivity index (χ1v) is 9.92. The van der Waals surface area contributed by atoms with Crippen LogP contribution < -0.4 is 4.74 Å². The number of hydrogen-bond donors (Lipinski definition) is 0. The van der Waals surface area contributed by atoms with Crippen LogP contribution in [0.25, 0.3) is 5.82 Å². The number of para-hydroxylation sites is 1. The molecule has 3 aromatic rings. The molecule has 0 aliphatic carbocycles. The number of nitrogens with zero attached hydrogens (tertiary/aromatic N) is 5. The van der Waals surface area contributed by atoms with E-state index in [1.807, 2.05) is 47.5 Å². The first-order valence-electron chi connectivity index (χ1n) is 9.54. The summed E-state index contributed by atoms with van der Waals surface area (Å²) in [5.41, 5.74) is 0.601. The van der Waals surface area contributed by atoms with Gasteiger partial charge in [0.2, 0.25) is 0 Å². The third-order valence-electron chi connectivity index (χ3n) is 4.92. The van der Waals surface area contributed by atoms with Crippen molar-refractivity contribution in [3.63, 3.8) is 0 Å². The second-order valence-electron chi connectivity index (χ2n) is 6.79. The molecule has 4 rings (SSSR count). The number of imidazole rings is 1. The summed E-state index contributed by atoms with van der Waals surface area (Å²) in [6.45, 7) is 4.38. The van der Waals surface area contributed by atoms with Crippen molar-refractivity contribution < 1.29 is 9.53 Å². The summed E-state index contributed by atoms with van der Waals surface area (Å²) in [7, 11) is 0. The molecule has 0 atom stereocenters. The molecule has 7 nitrogen and oxygen atoms in total. The average Bonchev–Trinajstić information content (AvgIpc) is 3.30. The normalized spacial score (nSPS) is 14.7. The van der Waals surface area contributed by atoms with Crippen LogP contribution in [-0.2, 0) is 0 Å². The van der Waals surface area contributed by atoms with E-state index in [1.165, 1.54) is 0 Å². The molecule has 1 aliphatic rings. The number of rotatable bonds is 6. The Morgan fingerprint density at radius 1 is 1.10 bits per heavy atom. The summed E-state index contributed by atoms with van der Waals surface area (Å²) in [5, 5.41) is 0.621. The minimum absolute atomic E-state index is 0.0154. The standard InChI is InChI=1S/C21H22ClN5O2/c22-18-3-1-2-4-19(18)29-14-13-25-9-11-26(12-10-25)21(28)17-5-6-20(24-15-17)27-8-7-23-16-27/h1-8,15-16H,9-14H2. The number of carbonyl (C=O) groups is 1. The molecule has 150 valence electrons. The largest absolute Gasteiger partial charge is 0.491 e. The van der Waals surface area contributed by atoms with Crippen molar-refractivity contribution in [1.29, 1.82) is 0 Å². The number of ether oxygens (including phenoxy) is 1. The van der Waals surface area contributed by atoms with E-state index in [0.717, 1.165) is 25.5 Å². The fourth-order valence-electron chi connectivity index (χ4n) is 3.26. The van der Waals surface area contributed by atoms with Gasteiger partial charge in [0, 0.05) is 51.3 Å². The fraction of sp³-hybridized carbons (Fsp3) is 0.286. The molecule has 8 heteroatoms. The zero-order valence-corrected chi connectivity index (χ0v) is 16.7. The molecule has 1 fully saturated rings. The van der Waals surface area contributed by atoms with Crippen molar-refractivity contribution in [3.8, 4) is 11.6 Å². The van der Waals surface area contributed by atoms with Crippen LogP contribution in [0.4, 0.5) is 0 Å². The molecule has 29 heavy (non-hydrogen) atoms. The Bertz CT molecular complexity index is 938.